The first-order chi connectivity index (χ1) is 9.95. The van der Waals surface area contributed by atoms with Gasteiger partial charge in [-0.25, -0.2) is 0 Å². The van der Waals surface area contributed by atoms with Crippen molar-refractivity contribution in [3.05, 3.63) is 27.2 Å². The second-order valence-corrected chi connectivity index (χ2v) is 5.81. The van der Waals surface area contributed by atoms with Crippen molar-refractivity contribution in [1.82, 2.24) is 10.6 Å². The average Bonchev–Trinajstić information content (AvgIpc) is 2.44. The predicted molar refractivity (Wildman–Crippen MR) is 81.1 cm³/mol. The Labute approximate surface area is 136 Å². The van der Waals surface area contributed by atoms with Gasteiger partial charge in [-0.2, -0.15) is 0 Å². The summed E-state index contributed by atoms with van der Waals surface area (Å²) in [6, 6.07) is 2.83. The first-order valence-corrected chi connectivity index (χ1v) is 7.42. The number of amides is 2. The number of rotatable bonds is 4. The van der Waals surface area contributed by atoms with E-state index in [1.165, 1.54) is 12.1 Å². The van der Waals surface area contributed by atoms with Crippen LogP contribution in [0.4, 0.5) is 0 Å². The summed E-state index contributed by atoms with van der Waals surface area (Å²) in [6.07, 6.45) is 1.02. The second-order valence-electron chi connectivity index (χ2n) is 4.59. The highest BCUT2D eigenvalue weighted by Gasteiger charge is 2.19. The lowest BCUT2D eigenvalue weighted by molar-refractivity contribution is -0.126. The summed E-state index contributed by atoms with van der Waals surface area (Å²) in [5.74, 6) is -0.00390. The largest absolute Gasteiger partial charge is 0.482 e. The first kappa shape index (κ1) is 16.2. The molecule has 0 radical (unpaired) electrons. The SMILES string of the molecule is O=C1CCC(NC(=O)COc2cc(Cl)c(Cl)cc2Cl)CN1. The summed E-state index contributed by atoms with van der Waals surface area (Å²) >= 11 is 17.6. The molecular formula is C13H13Cl3N2O3. The Morgan fingerprint density at radius 3 is 2.67 bits per heavy atom. The van der Waals surface area contributed by atoms with Crippen LogP contribution in [-0.2, 0) is 9.59 Å². The molecule has 1 aliphatic heterocycles. The molecule has 1 atom stereocenters. The van der Waals surface area contributed by atoms with Crippen LogP contribution in [0.3, 0.4) is 0 Å². The lowest BCUT2D eigenvalue weighted by atomic mass is 10.1. The second kappa shape index (κ2) is 7.20. The molecular weight excluding hydrogens is 339 g/mol. The molecule has 0 saturated carbocycles. The molecule has 2 amide bonds. The lowest BCUT2D eigenvalue weighted by Crippen LogP contribution is -2.48. The number of hydrogen-bond acceptors (Lipinski definition) is 3. The van der Waals surface area contributed by atoms with Gasteiger partial charge < -0.3 is 15.4 Å². The summed E-state index contributed by atoms with van der Waals surface area (Å²) in [5, 5.41) is 6.35. The Hall–Kier alpha value is -1.17. The van der Waals surface area contributed by atoms with Crippen LogP contribution in [0.1, 0.15) is 12.8 Å². The number of benzene rings is 1. The zero-order chi connectivity index (χ0) is 15.4. The van der Waals surface area contributed by atoms with Crippen LogP contribution >= 0.6 is 34.8 Å². The third-order valence-corrected chi connectivity index (χ3v) is 3.98. The standard InChI is InChI=1S/C13H13Cl3N2O3/c14-8-3-10(16)11(4-9(8)15)21-6-13(20)18-7-1-2-12(19)17-5-7/h3-4,7H,1-2,5-6H2,(H,17,19)(H,18,20). The summed E-state index contributed by atoms with van der Waals surface area (Å²) in [4.78, 5) is 22.8. The lowest BCUT2D eigenvalue weighted by Gasteiger charge is -2.23. The van der Waals surface area contributed by atoms with Crippen LogP contribution in [0.15, 0.2) is 12.1 Å². The molecule has 8 heteroatoms. The van der Waals surface area contributed by atoms with Crippen LogP contribution in [0, 0.1) is 0 Å². The summed E-state index contributed by atoms with van der Waals surface area (Å²) in [7, 11) is 0. The van der Waals surface area contributed by atoms with Gasteiger partial charge >= 0.3 is 0 Å². The van der Waals surface area contributed by atoms with Gasteiger partial charge in [0.1, 0.15) is 5.75 Å². The van der Waals surface area contributed by atoms with Gasteiger partial charge in [0, 0.05) is 25.1 Å². The van der Waals surface area contributed by atoms with Crippen molar-refractivity contribution in [2.24, 2.45) is 0 Å². The van der Waals surface area contributed by atoms with Gasteiger partial charge in [0.25, 0.3) is 5.91 Å². The Bertz CT molecular complexity index is 556. The van der Waals surface area contributed by atoms with Crippen LogP contribution in [-0.4, -0.2) is 31.0 Å². The highest BCUT2D eigenvalue weighted by molar-refractivity contribution is 6.43. The highest BCUT2D eigenvalue weighted by Crippen LogP contribution is 2.33. The van der Waals surface area contributed by atoms with Gasteiger partial charge in [-0.1, -0.05) is 34.8 Å². The third-order valence-electron chi connectivity index (χ3n) is 2.96. The maximum atomic E-state index is 11.8. The minimum absolute atomic E-state index is 0.000614. The van der Waals surface area contributed by atoms with Gasteiger partial charge in [0.2, 0.25) is 5.91 Å². The van der Waals surface area contributed by atoms with Crippen molar-refractivity contribution in [2.75, 3.05) is 13.2 Å². The van der Waals surface area contributed by atoms with Crippen molar-refractivity contribution in [2.45, 2.75) is 18.9 Å². The minimum atomic E-state index is -0.293. The molecule has 1 fully saturated rings. The zero-order valence-electron chi connectivity index (χ0n) is 10.9. The van der Waals surface area contributed by atoms with Gasteiger partial charge in [0.05, 0.1) is 15.1 Å². The van der Waals surface area contributed by atoms with Crippen molar-refractivity contribution in [3.63, 3.8) is 0 Å². The number of ether oxygens (including phenoxy) is 1. The van der Waals surface area contributed by atoms with Crippen LogP contribution in [0.25, 0.3) is 0 Å². The normalized spacial score (nSPS) is 18.0. The summed E-state index contributed by atoms with van der Waals surface area (Å²) in [5.41, 5.74) is 0. The Morgan fingerprint density at radius 1 is 1.29 bits per heavy atom. The maximum Gasteiger partial charge on any atom is 0.258 e. The van der Waals surface area contributed by atoms with Crippen molar-refractivity contribution in [1.29, 1.82) is 0 Å². The predicted octanol–water partition coefficient (Wildman–Crippen LogP) is 2.42. The quantitative estimate of drug-likeness (QED) is 0.819. The number of carbonyl (C=O) groups is 2. The molecule has 114 valence electrons. The smallest absolute Gasteiger partial charge is 0.258 e. The number of carbonyl (C=O) groups excluding carboxylic acids is 2. The molecule has 1 heterocycles. The van der Waals surface area contributed by atoms with E-state index in [-0.39, 0.29) is 35.2 Å². The molecule has 21 heavy (non-hydrogen) atoms. The molecule has 5 nitrogen and oxygen atoms in total. The Balaban J connectivity index is 1.84. The molecule has 0 spiro atoms. The van der Waals surface area contributed by atoms with Crippen LogP contribution in [0.5, 0.6) is 5.75 Å². The van der Waals surface area contributed by atoms with Crippen molar-refractivity contribution < 1.29 is 14.3 Å². The molecule has 0 aromatic heterocycles. The number of halogens is 3. The zero-order valence-corrected chi connectivity index (χ0v) is 13.2. The Kier molecular flexibility index (Phi) is 5.56. The highest BCUT2D eigenvalue weighted by atomic mass is 35.5. The van der Waals surface area contributed by atoms with Crippen LogP contribution < -0.4 is 15.4 Å². The molecule has 1 unspecified atom stereocenters. The fraction of sp³-hybridized carbons (Fsp3) is 0.385. The van der Waals surface area contributed by atoms with Crippen molar-refractivity contribution in [3.8, 4) is 5.75 Å². The topological polar surface area (TPSA) is 67.4 Å². The molecule has 1 aliphatic rings. The number of piperidine rings is 1. The fourth-order valence-electron chi connectivity index (χ4n) is 1.88. The molecule has 0 bridgehead atoms. The van der Waals surface area contributed by atoms with Gasteiger partial charge in [-0.15, -0.1) is 0 Å². The molecule has 1 aromatic rings. The third kappa shape index (κ3) is 4.66. The van der Waals surface area contributed by atoms with Gasteiger partial charge in [-0.3, -0.25) is 9.59 Å². The van der Waals surface area contributed by atoms with Crippen molar-refractivity contribution >= 4 is 46.6 Å². The number of hydrogen-bond donors (Lipinski definition) is 2. The minimum Gasteiger partial charge on any atom is -0.482 e. The summed E-state index contributed by atoms with van der Waals surface area (Å²) in [6.45, 7) is 0.236. The molecule has 2 rings (SSSR count). The first-order valence-electron chi connectivity index (χ1n) is 6.29. The van der Waals surface area contributed by atoms with E-state index in [1.54, 1.807) is 0 Å². The van der Waals surface area contributed by atoms with E-state index in [0.29, 0.717) is 29.4 Å². The number of nitrogens with one attached hydrogen (secondary N) is 2. The maximum absolute atomic E-state index is 11.8. The van der Waals surface area contributed by atoms with Crippen LogP contribution in [0.2, 0.25) is 15.1 Å². The van der Waals surface area contributed by atoms with E-state index >= 15 is 0 Å². The van der Waals surface area contributed by atoms with E-state index < -0.39 is 0 Å². The summed E-state index contributed by atoms with van der Waals surface area (Å²) < 4.78 is 5.32. The molecule has 1 saturated heterocycles. The average molecular weight is 352 g/mol. The van der Waals surface area contributed by atoms with E-state index in [0.717, 1.165) is 0 Å². The molecule has 1 aromatic carbocycles. The monoisotopic (exact) mass is 350 g/mol. The molecule has 2 N–H and O–H groups in total. The van der Waals surface area contributed by atoms with Gasteiger partial charge in [-0.05, 0) is 12.5 Å². The Morgan fingerprint density at radius 2 is 2.00 bits per heavy atom. The molecule has 0 aliphatic carbocycles. The van der Waals surface area contributed by atoms with E-state index in [4.69, 9.17) is 39.5 Å². The fourth-order valence-corrected chi connectivity index (χ4v) is 2.47. The van der Waals surface area contributed by atoms with Gasteiger partial charge in [0.15, 0.2) is 6.61 Å². The van der Waals surface area contributed by atoms with E-state index in [1.807, 2.05) is 0 Å². The van der Waals surface area contributed by atoms with E-state index in [2.05, 4.69) is 10.6 Å². The van der Waals surface area contributed by atoms with E-state index in [9.17, 15) is 9.59 Å².